The van der Waals surface area contributed by atoms with Crippen LogP contribution in [0, 0.1) is 10.1 Å². The van der Waals surface area contributed by atoms with Crippen LogP contribution in [0.15, 0.2) is 53.4 Å². The van der Waals surface area contributed by atoms with Crippen LogP contribution in [-0.4, -0.2) is 35.5 Å². The van der Waals surface area contributed by atoms with Gasteiger partial charge in [0.2, 0.25) is 11.4 Å². The van der Waals surface area contributed by atoms with E-state index in [1.807, 2.05) is 0 Å². The molecule has 0 aromatic heterocycles. The fourth-order valence-corrected chi connectivity index (χ4v) is 2.09. The lowest BCUT2D eigenvalue weighted by Crippen LogP contribution is -2.34. The minimum Gasteiger partial charge on any atom is -0.490 e. The van der Waals surface area contributed by atoms with Crippen molar-refractivity contribution in [3.8, 4) is 5.75 Å². The van der Waals surface area contributed by atoms with E-state index < -0.39 is 10.5 Å². The third kappa shape index (κ3) is 3.04. The average molecular weight is 324 g/mol. The zero-order valence-corrected chi connectivity index (χ0v) is 12.8. The Morgan fingerprint density at radius 2 is 2.27 bits per heavy atom. The van der Waals surface area contributed by atoms with Crippen LogP contribution in [-0.2, 0) is 4.74 Å². The Morgan fingerprint density at radius 1 is 1.55 bits per heavy atom. The molecule has 8 heteroatoms. The van der Waals surface area contributed by atoms with E-state index in [1.54, 1.807) is 24.1 Å². The molecule has 116 valence electrons. The number of allylic oxidation sites excluding steroid dienone is 1. The fraction of sp³-hybridized carbons (Fsp3) is 0.214. The quantitative estimate of drug-likeness (QED) is 0.368. The summed E-state index contributed by atoms with van der Waals surface area (Å²) in [5, 5.41) is 10.8. The number of ether oxygens (including phenoxy) is 2. The second-order valence-corrected chi connectivity index (χ2v) is 4.73. The van der Waals surface area contributed by atoms with Crippen molar-refractivity contribution in [3.05, 3.63) is 58.5 Å². The van der Waals surface area contributed by atoms with Gasteiger partial charge >= 0.3 is 0 Å². The first-order chi connectivity index (χ1) is 10.5. The van der Waals surface area contributed by atoms with Crippen molar-refractivity contribution in [1.29, 1.82) is 0 Å². The first kappa shape index (κ1) is 15.8. The Morgan fingerprint density at radius 3 is 2.86 bits per heavy atom. The maximum atomic E-state index is 10.8. The molecule has 1 unspecified atom stereocenters. The molecule has 0 N–H and O–H groups in total. The number of benzene rings is 1. The maximum absolute atomic E-state index is 10.8. The standard InChI is InChI=1S/C14H14ClN3O4/c1-4-11-12(21-3)13(16-14(15)17(11)2)22-10-7-5-6-9(8-10)18(19)20/h4-8,14H,1H2,2-3H3. The normalized spacial score (nSPS) is 17.9. The number of methoxy groups -OCH3 is 1. The summed E-state index contributed by atoms with van der Waals surface area (Å²) in [7, 11) is 3.20. The second kappa shape index (κ2) is 6.48. The van der Waals surface area contributed by atoms with Crippen LogP contribution >= 0.6 is 11.6 Å². The number of halogens is 1. The molecule has 22 heavy (non-hydrogen) atoms. The fourth-order valence-electron chi connectivity index (χ4n) is 1.90. The van der Waals surface area contributed by atoms with Gasteiger partial charge in [0, 0.05) is 13.1 Å². The molecule has 7 nitrogen and oxygen atoms in total. The van der Waals surface area contributed by atoms with Crippen molar-refractivity contribution in [2.45, 2.75) is 5.62 Å². The van der Waals surface area contributed by atoms with Crippen molar-refractivity contribution < 1.29 is 14.4 Å². The van der Waals surface area contributed by atoms with Gasteiger partial charge in [-0.3, -0.25) is 10.1 Å². The molecule has 0 fully saturated rings. The number of hydrogen-bond acceptors (Lipinski definition) is 6. The van der Waals surface area contributed by atoms with E-state index in [2.05, 4.69) is 11.6 Å². The largest absolute Gasteiger partial charge is 0.490 e. The second-order valence-electron chi connectivity index (χ2n) is 4.33. The smallest absolute Gasteiger partial charge is 0.273 e. The molecule has 2 rings (SSSR count). The molecule has 1 aromatic rings. The van der Waals surface area contributed by atoms with Crippen LogP contribution in [0.1, 0.15) is 0 Å². The molecule has 1 heterocycles. The van der Waals surface area contributed by atoms with E-state index in [0.717, 1.165) is 0 Å². The number of nitrogens with zero attached hydrogens (tertiary/aromatic N) is 3. The van der Waals surface area contributed by atoms with Gasteiger partial charge in [-0.15, -0.1) is 0 Å². The summed E-state index contributed by atoms with van der Waals surface area (Å²) in [5.41, 5.74) is -0.168. The van der Waals surface area contributed by atoms with Gasteiger partial charge in [0.05, 0.1) is 23.8 Å². The third-order valence-electron chi connectivity index (χ3n) is 2.99. The Bertz CT molecular complexity index is 672. The highest BCUT2D eigenvalue weighted by molar-refractivity contribution is 6.21. The average Bonchev–Trinajstić information content (AvgIpc) is 2.50. The lowest BCUT2D eigenvalue weighted by molar-refractivity contribution is -0.384. The lowest BCUT2D eigenvalue weighted by atomic mass is 10.2. The Hall–Kier alpha value is -2.54. The van der Waals surface area contributed by atoms with Gasteiger partial charge in [-0.2, -0.15) is 0 Å². The molecule has 1 aromatic carbocycles. The van der Waals surface area contributed by atoms with E-state index in [1.165, 1.54) is 25.3 Å². The number of hydrogen-bond donors (Lipinski definition) is 0. The van der Waals surface area contributed by atoms with E-state index in [-0.39, 0.29) is 17.3 Å². The van der Waals surface area contributed by atoms with Crippen LogP contribution in [0.25, 0.3) is 0 Å². The predicted octanol–water partition coefficient (Wildman–Crippen LogP) is 2.88. The third-order valence-corrected chi connectivity index (χ3v) is 3.38. The summed E-state index contributed by atoms with van der Waals surface area (Å²) >= 11 is 6.12. The minimum absolute atomic E-state index is 0.0830. The van der Waals surface area contributed by atoms with Crippen LogP contribution in [0.3, 0.4) is 0 Å². The van der Waals surface area contributed by atoms with Gasteiger partial charge < -0.3 is 14.4 Å². The number of nitro benzene ring substituents is 1. The predicted molar refractivity (Wildman–Crippen MR) is 82.8 cm³/mol. The van der Waals surface area contributed by atoms with E-state index in [0.29, 0.717) is 11.5 Å². The maximum Gasteiger partial charge on any atom is 0.273 e. The SMILES string of the molecule is C=CC1=C(OC)C(Oc2cccc([N+](=O)[O-])c2)=NC(Cl)N1C. The van der Waals surface area contributed by atoms with E-state index in [4.69, 9.17) is 21.1 Å². The van der Waals surface area contributed by atoms with Crippen molar-refractivity contribution >= 4 is 23.2 Å². The van der Waals surface area contributed by atoms with Crippen molar-refractivity contribution in [2.75, 3.05) is 14.2 Å². The number of non-ortho nitro benzene ring substituents is 1. The van der Waals surface area contributed by atoms with E-state index >= 15 is 0 Å². The van der Waals surface area contributed by atoms with Crippen molar-refractivity contribution in [2.24, 2.45) is 4.99 Å². The van der Waals surface area contributed by atoms with Crippen LogP contribution in [0.2, 0.25) is 0 Å². The summed E-state index contributed by atoms with van der Waals surface area (Å²) in [6.07, 6.45) is 1.57. The van der Waals surface area contributed by atoms with E-state index in [9.17, 15) is 10.1 Å². The summed E-state index contributed by atoms with van der Waals surface area (Å²) in [4.78, 5) is 16.1. The molecule has 0 amide bonds. The van der Waals surface area contributed by atoms with Gasteiger partial charge in [-0.1, -0.05) is 24.2 Å². The zero-order valence-electron chi connectivity index (χ0n) is 12.0. The van der Waals surface area contributed by atoms with Gasteiger partial charge in [-0.25, -0.2) is 4.99 Å². The van der Waals surface area contributed by atoms with Gasteiger partial charge in [-0.05, 0) is 12.1 Å². The molecule has 1 aliphatic heterocycles. The van der Waals surface area contributed by atoms with Crippen molar-refractivity contribution in [3.63, 3.8) is 0 Å². The number of aliphatic imine (C=N–C) groups is 1. The topological polar surface area (TPSA) is 77.2 Å². The molecule has 0 saturated carbocycles. The van der Waals surface area contributed by atoms with Gasteiger partial charge in [0.25, 0.3) is 11.6 Å². The molecule has 0 radical (unpaired) electrons. The number of alkyl halides is 1. The molecular weight excluding hydrogens is 310 g/mol. The summed E-state index contributed by atoms with van der Waals surface area (Å²) in [6, 6.07) is 5.77. The molecule has 0 spiro atoms. The van der Waals surface area contributed by atoms with Crippen LogP contribution in [0.4, 0.5) is 5.69 Å². The van der Waals surface area contributed by atoms with Crippen LogP contribution in [0.5, 0.6) is 5.75 Å². The molecule has 0 bridgehead atoms. The number of nitro groups is 1. The molecular formula is C14H14ClN3O4. The first-order valence-corrected chi connectivity index (χ1v) is 6.69. The highest BCUT2D eigenvalue weighted by Gasteiger charge is 2.28. The summed E-state index contributed by atoms with van der Waals surface area (Å²) < 4.78 is 10.9. The monoisotopic (exact) mass is 323 g/mol. The highest BCUT2D eigenvalue weighted by Crippen LogP contribution is 2.27. The zero-order chi connectivity index (χ0) is 16.3. The Balaban J connectivity index is 2.37. The van der Waals surface area contributed by atoms with Crippen LogP contribution < -0.4 is 4.74 Å². The Labute approximate surface area is 132 Å². The molecule has 0 aliphatic carbocycles. The number of likely N-dealkylation sites (N-methyl/N-ethyl adjacent to an activating group) is 1. The first-order valence-electron chi connectivity index (χ1n) is 6.26. The molecule has 1 aliphatic rings. The van der Waals surface area contributed by atoms with Gasteiger partial charge in [0.1, 0.15) is 5.75 Å². The number of rotatable bonds is 4. The summed E-state index contributed by atoms with van der Waals surface area (Å²) in [5.74, 6) is 0.747. The summed E-state index contributed by atoms with van der Waals surface area (Å²) in [6.45, 7) is 3.71. The van der Waals surface area contributed by atoms with Gasteiger partial charge in [0.15, 0.2) is 0 Å². The minimum atomic E-state index is -0.694. The Kier molecular flexibility index (Phi) is 4.67. The molecule has 0 saturated heterocycles. The lowest BCUT2D eigenvalue weighted by Gasteiger charge is -2.29. The van der Waals surface area contributed by atoms with Crippen molar-refractivity contribution in [1.82, 2.24) is 4.90 Å². The molecule has 1 atom stereocenters. The highest BCUT2D eigenvalue weighted by atomic mass is 35.5.